The lowest BCUT2D eigenvalue weighted by atomic mass is 10.2. The van der Waals surface area contributed by atoms with Crippen molar-refractivity contribution < 1.29 is 38.1 Å². The molecule has 10 nitrogen and oxygen atoms in total. The molecular formula is C26H32N2O8. The van der Waals surface area contributed by atoms with Gasteiger partial charge >= 0.3 is 11.9 Å². The summed E-state index contributed by atoms with van der Waals surface area (Å²) in [6, 6.07) is 11.2. The lowest BCUT2D eigenvalue weighted by Gasteiger charge is -2.11. The van der Waals surface area contributed by atoms with E-state index in [-0.39, 0.29) is 31.1 Å². The average Bonchev–Trinajstić information content (AvgIpc) is 2.86. The lowest BCUT2D eigenvalue weighted by Crippen LogP contribution is -2.21. The molecule has 0 unspecified atom stereocenters. The van der Waals surface area contributed by atoms with E-state index in [0.717, 1.165) is 0 Å². The fourth-order valence-electron chi connectivity index (χ4n) is 2.94. The first kappa shape index (κ1) is 28.2. The molecule has 0 atom stereocenters. The van der Waals surface area contributed by atoms with Crippen molar-refractivity contribution in [1.82, 2.24) is 0 Å². The smallest absolute Gasteiger partial charge is 0.338 e. The largest absolute Gasteiger partial charge is 0.497 e. The van der Waals surface area contributed by atoms with Crippen LogP contribution in [0, 0.1) is 5.92 Å². The standard InChI is InChI=1S/C26H32N2O8/c1-17(2)15-36-26(32)18-8-10-19(11-9-18)27-23(29)6-5-7-25(31)35-16-24(30)28-21-13-12-20(33-3)14-22(21)34-4/h8-14,17H,5-7,15-16H2,1-4H3,(H,27,29)(H,28,30). The van der Waals surface area contributed by atoms with Crippen LogP contribution in [0.1, 0.15) is 43.5 Å². The predicted octanol–water partition coefficient (Wildman–Crippen LogP) is 3.81. The number of rotatable bonds is 13. The molecule has 2 rings (SSSR count). The first-order valence-corrected chi connectivity index (χ1v) is 11.5. The van der Waals surface area contributed by atoms with Gasteiger partial charge in [-0.15, -0.1) is 0 Å². The van der Waals surface area contributed by atoms with Crippen LogP contribution < -0.4 is 20.1 Å². The number of esters is 2. The molecule has 0 aliphatic carbocycles. The first-order chi connectivity index (χ1) is 17.2. The molecular weight excluding hydrogens is 468 g/mol. The quantitative estimate of drug-likeness (QED) is 0.397. The highest BCUT2D eigenvalue weighted by Gasteiger charge is 2.13. The Morgan fingerprint density at radius 2 is 1.56 bits per heavy atom. The van der Waals surface area contributed by atoms with Crippen molar-refractivity contribution >= 4 is 35.1 Å². The average molecular weight is 501 g/mol. The Morgan fingerprint density at radius 3 is 2.19 bits per heavy atom. The van der Waals surface area contributed by atoms with Gasteiger partial charge in [-0.1, -0.05) is 13.8 Å². The van der Waals surface area contributed by atoms with Crippen LogP contribution >= 0.6 is 0 Å². The highest BCUT2D eigenvalue weighted by molar-refractivity contribution is 5.95. The van der Waals surface area contributed by atoms with E-state index in [9.17, 15) is 19.2 Å². The van der Waals surface area contributed by atoms with E-state index in [1.807, 2.05) is 13.8 Å². The summed E-state index contributed by atoms with van der Waals surface area (Å²) in [7, 11) is 2.97. The molecule has 36 heavy (non-hydrogen) atoms. The third-order valence-electron chi connectivity index (χ3n) is 4.78. The van der Waals surface area contributed by atoms with Gasteiger partial charge in [-0.3, -0.25) is 14.4 Å². The van der Waals surface area contributed by atoms with E-state index in [4.69, 9.17) is 18.9 Å². The second-order valence-electron chi connectivity index (χ2n) is 8.25. The van der Waals surface area contributed by atoms with Gasteiger partial charge in [-0.25, -0.2) is 4.79 Å². The Bertz CT molecular complexity index is 1050. The zero-order valence-electron chi connectivity index (χ0n) is 20.9. The van der Waals surface area contributed by atoms with Gasteiger partial charge in [0.25, 0.3) is 5.91 Å². The van der Waals surface area contributed by atoms with Gasteiger partial charge in [-0.2, -0.15) is 0 Å². The molecule has 0 radical (unpaired) electrons. The summed E-state index contributed by atoms with van der Waals surface area (Å²) in [5.41, 5.74) is 1.33. The Hall–Kier alpha value is -4.08. The van der Waals surface area contributed by atoms with Crippen LogP contribution in [0.5, 0.6) is 11.5 Å². The molecule has 0 bridgehead atoms. The summed E-state index contributed by atoms with van der Waals surface area (Å²) < 4.78 is 20.4. The summed E-state index contributed by atoms with van der Waals surface area (Å²) >= 11 is 0. The zero-order chi connectivity index (χ0) is 26.5. The minimum atomic E-state index is -0.594. The fraction of sp³-hybridized carbons (Fsp3) is 0.385. The number of nitrogens with one attached hydrogen (secondary N) is 2. The lowest BCUT2D eigenvalue weighted by molar-refractivity contribution is -0.147. The second-order valence-corrected chi connectivity index (χ2v) is 8.25. The molecule has 2 amide bonds. The van der Waals surface area contributed by atoms with Crippen LogP contribution in [0.3, 0.4) is 0 Å². The molecule has 0 saturated heterocycles. The highest BCUT2D eigenvalue weighted by Crippen LogP contribution is 2.28. The number of carbonyl (C=O) groups excluding carboxylic acids is 4. The van der Waals surface area contributed by atoms with Crippen LogP contribution in [0.4, 0.5) is 11.4 Å². The molecule has 0 aliphatic rings. The van der Waals surface area contributed by atoms with E-state index >= 15 is 0 Å². The van der Waals surface area contributed by atoms with Crippen LogP contribution in [-0.2, 0) is 23.9 Å². The number of ether oxygens (including phenoxy) is 4. The third kappa shape index (κ3) is 9.65. The molecule has 0 aliphatic heterocycles. The van der Waals surface area contributed by atoms with Crippen LogP contribution in [0.25, 0.3) is 0 Å². The van der Waals surface area contributed by atoms with Crippen molar-refractivity contribution in [2.24, 2.45) is 5.92 Å². The molecule has 2 N–H and O–H groups in total. The van der Waals surface area contributed by atoms with Gasteiger partial charge < -0.3 is 29.6 Å². The summed E-state index contributed by atoms with van der Waals surface area (Å²) in [6.07, 6.45) is 0.313. The number of benzene rings is 2. The number of methoxy groups -OCH3 is 2. The van der Waals surface area contributed by atoms with Crippen molar-refractivity contribution in [3.05, 3.63) is 48.0 Å². The van der Waals surface area contributed by atoms with Gasteiger partial charge in [0.15, 0.2) is 6.61 Å². The molecule has 0 spiro atoms. The molecule has 0 heterocycles. The highest BCUT2D eigenvalue weighted by atomic mass is 16.5. The van der Waals surface area contributed by atoms with Crippen LogP contribution in [0.2, 0.25) is 0 Å². The third-order valence-corrected chi connectivity index (χ3v) is 4.78. The molecule has 0 saturated carbocycles. The minimum Gasteiger partial charge on any atom is -0.497 e. The van der Waals surface area contributed by atoms with Crippen LogP contribution in [0.15, 0.2) is 42.5 Å². The number of hydrogen-bond donors (Lipinski definition) is 2. The Balaban J connectivity index is 1.68. The Labute approximate surface area is 210 Å². The van der Waals surface area contributed by atoms with E-state index in [0.29, 0.717) is 35.0 Å². The van der Waals surface area contributed by atoms with E-state index < -0.39 is 24.5 Å². The number of hydrogen-bond acceptors (Lipinski definition) is 8. The van der Waals surface area contributed by atoms with E-state index in [2.05, 4.69) is 10.6 Å². The van der Waals surface area contributed by atoms with Gasteiger partial charge in [0.2, 0.25) is 5.91 Å². The Kier molecular flexibility index (Phi) is 11.2. The number of anilines is 2. The summed E-state index contributed by atoms with van der Waals surface area (Å²) in [4.78, 5) is 48.1. The SMILES string of the molecule is COc1ccc(NC(=O)COC(=O)CCCC(=O)Nc2ccc(C(=O)OCC(C)C)cc2)c(OC)c1. The monoisotopic (exact) mass is 500 g/mol. The molecule has 194 valence electrons. The maximum atomic E-state index is 12.1. The second kappa shape index (κ2) is 14.3. The van der Waals surface area contributed by atoms with E-state index in [1.165, 1.54) is 14.2 Å². The maximum Gasteiger partial charge on any atom is 0.338 e. The van der Waals surface area contributed by atoms with Crippen molar-refractivity contribution in [3.63, 3.8) is 0 Å². The van der Waals surface area contributed by atoms with Gasteiger partial charge in [-0.05, 0) is 48.7 Å². The first-order valence-electron chi connectivity index (χ1n) is 11.5. The van der Waals surface area contributed by atoms with Crippen molar-refractivity contribution in [3.8, 4) is 11.5 Å². The van der Waals surface area contributed by atoms with E-state index in [1.54, 1.807) is 42.5 Å². The predicted molar refractivity (Wildman–Crippen MR) is 133 cm³/mol. The summed E-state index contributed by atoms with van der Waals surface area (Å²) in [6.45, 7) is 3.77. The molecule has 2 aromatic rings. The van der Waals surface area contributed by atoms with Crippen molar-refractivity contribution in [1.29, 1.82) is 0 Å². The molecule has 0 aromatic heterocycles. The van der Waals surface area contributed by atoms with Crippen molar-refractivity contribution in [2.45, 2.75) is 33.1 Å². The van der Waals surface area contributed by atoms with Gasteiger partial charge in [0, 0.05) is 24.6 Å². The number of amides is 2. The fourth-order valence-corrected chi connectivity index (χ4v) is 2.94. The van der Waals surface area contributed by atoms with Gasteiger partial charge in [0.1, 0.15) is 11.5 Å². The molecule has 0 fully saturated rings. The summed E-state index contributed by atoms with van der Waals surface area (Å²) in [5.74, 6) is -0.616. The summed E-state index contributed by atoms with van der Waals surface area (Å²) in [5, 5.41) is 5.30. The topological polar surface area (TPSA) is 129 Å². The molecule has 2 aromatic carbocycles. The minimum absolute atomic E-state index is 0.0206. The molecule has 10 heteroatoms. The van der Waals surface area contributed by atoms with Crippen molar-refractivity contribution in [2.75, 3.05) is 38.1 Å². The number of carbonyl (C=O) groups is 4. The normalized spacial score (nSPS) is 10.4. The zero-order valence-corrected chi connectivity index (χ0v) is 20.9. The Morgan fingerprint density at radius 1 is 0.833 bits per heavy atom. The van der Waals surface area contributed by atoms with Crippen LogP contribution in [-0.4, -0.2) is 51.2 Å². The maximum absolute atomic E-state index is 12.1. The van der Waals surface area contributed by atoms with Gasteiger partial charge in [0.05, 0.1) is 32.1 Å².